The lowest BCUT2D eigenvalue weighted by atomic mass is 10.1. The molecule has 0 radical (unpaired) electrons. The second kappa shape index (κ2) is 3.69. The molecule has 1 N–H and O–H groups in total. The molecule has 0 saturated carbocycles. The Morgan fingerprint density at radius 1 is 1.29 bits per heavy atom. The van der Waals surface area contributed by atoms with Crippen molar-refractivity contribution < 1.29 is 0 Å². The van der Waals surface area contributed by atoms with Gasteiger partial charge < -0.3 is 0 Å². The van der Waals surface area contributed by atoms with Gasteiger partial charge in [-0.05, 0) is 26.8 Å². The highest BCUT2D eigenvalue weighted by Crippen LogP contribution is 2.06. The standard InChI is InChI=1S/C10H13N5O2/c1-10(2,3)15-8(16)12-7(13-9(15)17)14-6-4-5-11-14/h4-6H,1-3H3,(H,12,13,16,17). The number of rotatable bonds is 1. The van der Waals surface area contributed by atoms with Crippen molar-refractivity contribution in [2.24, 2.45) is 0 Å². The Kier molecular flexibility index (Phi) is 2.45. The first kappa shape index (κ1) is 11.3. The minimum absolute atomic E-state index is 0.116. The van der Waals surface area contributed by atoms with E-state index in [1.165, 1.54) is 10.9 Å². The summed E-state index contributed by atoms with van der Waals surface area (Å²) < 4.78 is 2.40. The largest absolute Gasteiger partial charge is 0.355 e. The first-order valence-electron chi connectivity index (χ1n) is 5.13. The Balaban J connectivity index is 2.66. The van der Waals surface area contributed by atoms with Gasteiger partial charge >= 0.3 is 11.4 Å². The number of hydrogen-bond donors (Lipinski definition) is 1. The van der Waals surface area contributed by atoms with Gasteiger partial charge in [-0.15, -0.1) is 0 Å². The molecule has 0 aliphatic carbocycles. The van der Waals surface area contributed by atoms with E-state index in [4.69, 9.17) is 0 Å². The zero-order valence-corrected chi connectivity index (χ0v) is 9.84. The van der Waals surface area contributed by atoms with Crippen LogP contribution in [-0.2, 0) is 5.54 Å². The molecule has 2 aromatic heterocycles. The maximum atomic E-state index is 11.8. The van der Waals surface area contributed by atoms with Crippen LogP contribution in [0.1, 0.15) is 20.8 Å². The molecular weight excluding hydrogens is 222 g/mol. The van der Waals surface area contributed by atoms with E-state index in [-0.39, 0.29) is 5.95 Å². The summed E-state index contributed by atoms with van der Waals surface area (Å²) in [5.41, 5.74) is -1.70. The van der Waals surface area contributed by atoms with Crippen molar-refractivity contribution in [3.63, 3.8) is 0 Å². The van der Waals surface area contributed by atoms with Crippen molar-refractivity contribution in [3.05, 3.63) is 39.4 Å². The van der Waals surface area contributed by atoms with Gasteiger partial charge in [0.2, 0.25) is 5.95 Å². The zero-order chi connectivity index (χ0) is 12.6. The Morgan fingerprint density at radius 3 is 2.47 bits per heavy atom. The molecule has 2 aromatic rings. The summed E-state index contributed by atoms with van der Waals surface area (Å²) in [6, 6.07) is 1.68. The highest BCUT2D eigenvalue weighted by Gasteiger charge is 2.19. The van der Waals surface area contributed by atoms with Crippen LogP contribution in [0.15, 0.2) is 28.0 Å². The molecule has 7 nitrogen and oxygen atoms in total. The van der Waals surface area contributed by atoms with Crippen LogP contribution in [0.3, 0.4) is 0 Å². The fourth-order valence-corrected chi connectivity index (χ4v) is 1.50. The summed E-state index contributed by atoms with van der Waals surface area (Å²) in [6.07, 6.45) is 3.13. The molecule has 0 amide bonds. The lowest BCUT2D eigenvalue weighted by molar-refractivity contribution is 0.357. The molecule has 2 heterocycles. The van der Waals surface area contributed by atoms with Crippen molar-refractivity contribution in [2.45, 2.75) is 26.3 Å². The van der Waals surface area contributed by atoms with E-state index in [0.29, 0.717) is 0 Å². The van der Waals surface area contributed by atoms with Gasteiger partial charge in [-0.3, -0.25) is 4.98 Å². The second-order valence-electron chi connectivity index (χ2n) is 4.60. The molecule has 7 heteroatoms. The third-order valence-corrected chi connectivity index (χ3v) is 2.21. The van der Waals surface area contributed by atoms with Gasteiger partial charge in [0.05, 0.1) is 0 Å². The van der Waals surface area contributed by atoms with Gasteiger partial charge in [0.1, 0.15) is 0 Å². The molecule has 17 heavy (non-hydrogen) atoms. The van der Waals surface area contributed by atoms with E-state index in [2.05, 4.69) is 15.1 Å². The quantitative estimate of drug-likeness (QED) is 0.746. The van der Waals surface area contributed by atoms with Crippen LogP contribution in [0.5, 0.6) is 0 Å². The normalized spacial score (nSPS) is 11.7. The van der Waals surface area contributed by atoms with E-state index in [9.17, 15) is 9.59 Å². The summed E-state index contributed by atoms with van der Waals surface area (Å²) in [7, 11) is 0. The Hall–Kier alpha value is -2.18. The third kappa shape index (κ3) is 2.03. The van der Waals surface area contributed by atoms with E-state index in [1.54, 1.807) is 33.0 Å². The van der Waals surface area contributed by atoms with Gasteiger partial charge in [-0.1, -0.05) is 0 Å². The highest BCUT2D eigenvalue weighted by atomic mass is 16.2. The molecule has 2 rings (SSSR count). The summed E-state index contributed by atoms with van der Waals surface area (Å²) in [5.74, 6) is 0.116. The first-order chi connectivity index (χ1) is 7.89. The maximum Gasteiger partial charge on any atom is 0.355 e. The molecule has 0 spiro atoms. The van der Waals surface area contributed by atoms with Crippen molar-refractivity contribution in [3.8, 4) is 5.95 Å². The number of nitrogens with zero attached hydrogens (tertiary/aromatic N) is 4. The third-order valence-electron chi connectivity index (χ3n) is 2.21. The van der Waals surface area contributed by atoms with Crippen LogP contribution < -0.4 is 11.4 Å². The van der Waals surface area contributed by atoms with E-state index in [0.717, 1.165) is 4.57 Å². The molecule has 0 fully saturated rings. The van der Waals surface area contributed by atoms with Crippen LogP contribution in [-0.4, -0.2) is 24.3 Å². The van der Waals surface area contributed by atoms with Crippen molar-refractivity contribution >= 4 is 0 Å². The number of hydrogen-bond acceptors (Lipinski definition) is 4. The molecular formula is C10H13N5O2. The summed E-state index contributed by atoms with van der Waals surface area (Å²) >= 11 is 0. The number of aromatic nitrogens is 5. The Morgan fingerprint density at radius 2 is 2.00 bits per heavy atom. The number of H-pyrrole nitrogens is 1. The lowest BCUT2D eigenvalue weighted by Crippen LogP contribution is -2.46. The molecule has 0 unspecified atom stereocenters. The van der Waals surface area contributed by atoms with Gasteiger partial charge in [-0.2, -0.15) is 10.1 Å². The molecule has 0 saturated heterocycles. The number of aromatic amines is 1. The minimum atomic E-state index is -0.611. The van der Waals surface area contributed by atoms with Crippen LogP contribution in [0.4, 0.5) is 0 Å². The van der Waals surface area contributed by atoms with Gasteiger partial charge in [-0.25, -0.2) is 18.8 Å². The van der Waals surface area contributed by atoms with Crippen molar-refractivity contribution in [1.82, 2.24) is 24.3 Å². The molecule has 0 aliphatic rings. The van der Waals surface area contributed by atoms with Gasteiger partial charge in [0.15, 0.2) is 0 Å². The Labute approximate surface area is 96.7 Å². The predicted molar refractivity (Wildman–Crippen MR) is 61.2 cm³/mol. The summed E-state index contributed by atoms with van der Waals surface area (Å²) in [4.78, 5) is 29.9. The molecule has 0 bridgehead atoms. The van der Waals surface area contributed by atoms with Crippen LogP contribution >= 0.6 is 0 Å². The lowest BCUT2D eigenvalue weighted by Gasteiger charge is -2.19. The average molecular weight is 235 g/mol. The first-order valence-corrected chi connectivity index (χ1v) is 5.13. The van der Waals surface area contributed by atoms with E-state index < -0.39 is 16.9 Å². The molecule has 90 valence electrons. The molecule has 0 atom stereocenters. The van der Waals surface area contributed by atoms with E-state index >= 15 is 0 Å². The van der Waals surface area contributed by atoms with Gasteiger partial charge in [0.25, 0.3) is 0 Å². The fourth-order valence-electron chi connectivity index (χ4n) is 1.50. The molecule has 0 aromatic carbocycles. The monoisotopic (exact) mass is 235 g/mol. The predicted octanol–water partition coefficient (Wildman–Crippen LogP) is -0.128. The maximum absolute atomic E-state index is 11.8. The smallest absolute Gasteiger partial charge is 0.275 e. The summed E-state index contributed by atoms with van der Waals surface area (Å²) in [6.45, 7) is 5.29. The average Bonchev–Trinajstić information content (AvgIpc) is 2.66. The minimum Gasteiger partial charge on any atom is -0.275 e. The SMILES string of the molecule is CC(C)(C)n1c(=O)nc(-n2cccn2)[nH]c1=O. The topological polar surface area (TPSA) is 85.6 Å². The van der Waals surface area contributed by atoms with Crippen molar-refractivity contribution in [2.75, 3.05) is 0 Å². The zero-order valence-electron chi connectivity index (χ0n) is 9.84. The van der Waals surface area contributed by atoms with E-state index in [1.807, 2.05) is 0 Å². The van der Waals surface area contributed by atoms with Crippen LogP contribution in [0, 0.1) is 0 Å². The highest BCUT2D eigenvalue weighted by molar-refractivity contribution is 5.06. The van der Waals surface area contributed by atoms with Crippen LogP contribution in [0.25, 0.3) is 5.95 Å². The van der Waals surface area contributed by atoms with Crippen molar-refractivity contribution in [1.29, 1.82) is 0 Å². The summed E-state index contributed by atoms with van der Waals surface area (Å²) in [5, 5.41) is 3.90. The van der Waals surface area contributed by atoms with Gasteiger partial charge in [0, 0.05) is 17.9 Å². The molecule has 0 aliphatic heterocycles. The number of nitrogens with one attached hydrogen (secondary N) is 1. The second-order valence-corrected chi connectivity index (χ2v) is 4.60. The Bertz CT molecular complexity index is 599. The fraction of sp³-hybridized carbons (Fsp3) is 0.400. The van der Waals surface area contributed by atoms with Crippen LogP contribution in [0.2, 0.25) is 0 Å².